The van der Waals surface area contributed by atoms with Crippen LogP contribution >= 0.6 is 27.3 Å². The Balaban J connectivity index is 1.92. The Hall–Kier alpha value is -1.66. The number of anilines is 1. The summed E-state index contributed by atoms with van der Waals surface area (Å²) in [6.07, 6.45) is 1.01. The lowest BCUT2D eigenvalue weighted by Crippen LogP contribution is -2.14. The highest BCUT2D eigenvalue weighted by Gasteiger charge is 2.15. The number of hydrogen-bond acceptors (Lipinski definition) is 4. The van der Waals surface area contributed by atoms with E-state index in [-0.39, 0.29) is 5.91 Å². The number of amides is 1. The standard InChI is InChI=1S/C15H14BrNO3S/c1-20-15(19)14-12(8-9-21-14)17-13(18)7-4-10-2-5-11(16)6-3-10/h2-3,5-6,8-9H,4,7H2,1H3,(H,17,18). The molecule has 110 valence electrons. The lowest BCUT2D eigenvalue weighted by molar-refractivity contribution is -0.116. The minimum absolute atomic E-state index is 0.124. The molecule has 0 fully saturated rings. The third-order valence-electron chi connectivity index (χ3n) is 2.86. The topological polar surface area (TPSA) is 55.4 Å². The molecule has 1 N–H and O–H groups in total. The van der Waals surface area contributed by atoms with Crippen molar-refractivity contribution in [3.05, 3.63) is 50.6 Å². The third kappa shape index (κ3) is 4.41. The summed E-state index contributed by atoms with van der Waals surface area (Å²) in [6, 6.07) is 9.54. The summed E-state index contributed by atoms with van der Waals surface area (Å²) in [5, 5.41) is 4.50. The van der Waals surface area contributed by atoms with Crippen LogP contribution in [-0.4, -0.2) is 19.0 Å². The fourth-order valence-electron chi connectivity index (χ4n) is 1.78. The van der Waals surface area contributed by atoms with Gasteiger partial charge in [0.25, 0.3) is 0 Å². The van der Waals surface area contributed by atoms with Gasteiger partial charge in [0.05, 0.1) is 12.8 Å². The molecule has 1 amide bonds. The zero-order chi connectivity index (χ0) is 15.2. The number of methoxy groups -OCH3 is 1. The van der Waals surface area contributed by atoms with E-state index in [0.717, 1.165) is 10.0 Å². The first-order chi connectivity index (χ1) is 10.1. The van der Waals surface area contributed by atoms with Crippen molar-refractivity contribution >= 4 is 44.8 Å². The smallest absolute Gasteiger partial charge is 0.350 e. The van der Waals surface area contributed by atoms with Crippen molar-refractivity contribution < 1.29 is 14.3 Å². The normalized spacial score (nSPS) is 10.2. The third-order valence-corrected chi connectivity index (χ3v) is 4.29. The molecule has 2 aromatic rings. The number of carbonyl (C=O) groups is 2. The van der Waals surface area contributed by atoms with E-state index in [4.69, 9.17) is 0 Å². The quantitative estimate of drug-likeness (QED) is 0.816. The molecule has 2 rings (SSSR count). The Morgan fingerprint density at radius 2 is 1.95 bits per heavy atom. The average Bonchev–Trinajstić information content (AvgIpc) is 2.94. The van der Waals surface area contributed by atoms with Gasteiger partial charge in [-0.1, -0.05) is 28.1 Å². The van der Waals surface area contributed by atoms with Crippen LogP contribution in [0.5, 0.6) is 0 Å². The van der Waals surface area contributed by atoms with E-state index < -0.39 is 5.97 Å². The first-order valence-electron chi connectivity index (χ1n) is 6.30. The van der Waals surface area contributed by atoms with Crippen LogP contribution in [0.15, 0.2) is 40.2 Å². The molecule has 0 spiro atoms. The molecule has 0 atom stereocenters. The molecule has 0 saturated carbocycles. The first-order valence-corrected chi connectivity index (χ1v) is 7.97. The molecular weight excluding hydrogens is 354 g/mol. The van der Waals surface area contributed by atoms with Gasteiger partial charge in [0.15, 0.2) is 0 Å². The average molecular weight is 368 g/mol. The van der Waals surface area contributed by atoms with Crippen LogP contribution in [0, 0.1) is 0 Å². The second-order valence-corrected chi connectivity index (χ2v) is 6.16. The van der Waals surface area contributed by atoms with Crippen molar-refractivity contribution in [2.75, 3.05) is 12.4 Å². The predicted octanol–water partition coefficient (Wildman–Crippen LogP) is 3.87. The molecule has 4 nitrogen and oxygen atoms in total. The molecule has 0 aliphatic rings. The Bertz CT molecular complexity index is 637. The zero-order valence-electron chi connectivity index (χ0n) is 11.4. The highest BCUT2D eigenvalue weighted by Crippen LogP contribution is 2.23. The van der Waals surface area contributed by atoms with Crippen molar-refractivity contribution in [2.24, 2.45) is 0 Å². The van der Waals surface area contributed by atoms with Crippen molar-refractivity contribution in [3.63, 3.8) is 0 Å². The van der Waals surface area contributed by atoms with E-state index in [1.54, 1.807) is 11.4 Å². The maximum Gasteiger partial charge on any atom is 0.350 e. The summed E-state index contributed by atoms with van der Waals surface area (Å²) in [7, 11) is 1.32. The summed E-state index contributed by atoms with van der Waals surface area (Å²) in [5.74, 6) is -0.560. The second kappa shape index (κ2) is 7.38. The number of thiophene rings is 1. The number of aryl methyl sites for hydroxylation is 1. The van der Waals surface area contributed by atoms with Gasteiger partial charge in [-0.05, 0) is 35.6 Å². The molecule has 6 heteroatoms. The molecule has 1 aromatic carbocycles. The number of nitrogens with one attached hydrogen (secondary N) is 1. The minimum Gasteiger partial charge on any atom is -0.465 e. The van der Waals surface area contributed by atoms with Crippen LogP contribution in [0.3, 0.4) is 0 Å². The summed E-state index contributed by atoms with van der Waals surface area (Å²) < 4.78 is 5.68. The van der Waals surface area contributed by atoms with Gasteiger partial charge < -0.3 is 10.1 Å². The Morgan fingerprint density at radius 1 is 1.24 bits per heavy atom. The summed E-state index contributed by atoms with van der Waals surface area (Å²) in [5.41, 5.74) is 1.60. The van der Waals surface area contributed by atoms with E-state index in [2.05, 4.69) is 26.0 Å². The highest BCUT2D eigenvalue weighted by atomic mass is 79.9. The second-order valence-electron chi connectivity index (χ2n) is 4.33. The number of esters is 1. The fraction of sp³-hybridized carbons (Fsp3) is 0.200. The lowest BCUT2D eigenvalue weighted by Gasteiger charge is -2.06. The van der Waals surface area contributed by atoms with Gasteiger partial charge in [-0.3, -0.25) is 4.79 Å². The van der Waals surface area contributed by atoms with Crippen LogP contribution in [-0.2, 0) is 16.0 Å². The molecule has 0 radical (unpaired) electrons. The fourth-order valence-corrected chi connectivity index (χ4v) is 2.81. The summed E-state index contributed by atoms with van der Waals surface area (Å²) in [4.78, 5) is 23.9. The van der Waals surface area contributed by atoms with Crippen LogP contribution < -0.4 is 5.32 Å². The molecule has 0 aliphatic heterocycles. The van der Waals surface area contributed by atoms with Crippen LogP contribution in [0.1, 0.15) is 21.7 Å². The van der Waals surface area contributed by atoms with Crippen molar-refractivity contribution in [3.8, 4) is 0 Å². The molecule has 1 aromatic heterocycles. The van der Waals surface area contributed by atoms with E-state index in [9.17, 15) is 9.59 Å². The van der Waals surface area contributed by atoms with Gasteiger partial charge in [0, 0.05) is 10.9 Å². The van der Waals surface area contributed by atoms with E-state index in [1.807, 2.05) is 24.3 Å². The number of halogens is 1. The molecule has 0 saturated heterocycles. The number of rotatable bonds is 5. The van der Waals surface area contributed by atoms with Crippen LogP contribution in [0.4, 0.5) is 5.69 Å². The van der Waals surface area contributed by atoms with Crippen LogP contribution in [0.2, 0.25) is 0 Å². The van der Waals surface area contributed by atoms with Gasteiger partial charge in [-0.25, -0.2) is 4.79 Å². The number of ether oxygens (including phenoxy) is 1. The number of benzene rings is 1. The Kier molecular flexibility index (Phi) is 5.52. The molecule has 0 bridgehead atoms. The summed E-state index contributed by atoms with van der Waals surface area (Å²) in [6.45, 7) is 0. The van der Waals surface area contributed by atoms with E-state index in [0.29, 0.717) is 23.4 Å². The van der Waals surface area contributed by atoms with Gasteiger partial charge >= 0.3 is 5.97 Å². The monoisotopic (exact) mass is 367 g/mol. The Morgan fingerprint density at radius 3 is 2.62 bits per heavy atom. The summed E-state index contributed by atoms with van der Waals surface area (Å²) >= 11 is 4.62. The number of carbonyl (C=O) groups excluding carboxylic acids is 2. The largest absolute Gasteiger partial charge is 0.465 e. The van der Waals surface area contributed by atoms with Gasteiger partial charge in [-0.15, -0.1) is 11.3 Å². The molecule has 0 aliphatic carbocycles. The zero-order valence-corrected chi connectivity index (χ0v) is 13.8. The van der Waals surface area contributed by atoms with Crippen LogP contribution in [0.25, 0.3) is 0 Å². The lowest BCUT2D eigenvalue weighted by atomic mass is 10.1. The van der Waals surface area contributed by atoms with Crippen molar-refractivity contribution in [1.29, 1.82) is 0 Å². The van der Waals surface area contributed by atoms with E-state index in [1.165, 1.54) is 18.4 Å². The van der Waals surface area contributed by atoms with Crippen molar-refractivity contribution in [2.45, 2.75) is 12.8 Å². The molecular formula is C15H14BrNO3S. The Labute approximate surface area is 135 Å². The number of hydrogen-bond donors (Lipinski definition) is 1. The molecule has 1 heterocycles. The minimum atomic E-state index is -0.437. The SMILES string of the molecule is COC(=O)c1sccc1NC(=O)CCc1ccc(Br)cc1. The van der Waals surface area contributed by atoms with Gasteiger partial charge in [0.1, 0.15) is 4.88 Å². The van der Waals surface area contributed by atoms with Gasteiger partial charge in [0.2, 0.25) is 5.91 Å². The maximum absolute atomic E-state index is 11.9. The van der Waals surface area contributed by atoms with Crippen molar-refractivity contribution in [1.82, 2.24) is 0 Å². The predicted molar refractivity (Wildman–Crippen MR) is 86.8 cm³/mol. The van der Waals surface area contributed by atoms with E-state index >= 15 is 0 Å². The molecule has 0 unspecified atom stereocenters. The maximum atomic E-state index is 11.9. The molecule has 21 heavy (non-hydrogen) atoms. The van der Waals surface area contributed by atoms with Gasteiger partial charge in [-0.2, -0.15) is 0 Å². The first kappa shape index (κ1) is 15.7. The highest BCUT2D eigenvalue weighted by molar-refractivity contribution is 9.10.